The van der Waals surface area contributed by atoms with Crippen LogP contribution in [-0.4, -0.2) is 38.0 Å². The molecule has 0 aromatic heterocycles. The molecule has 3 nitrogen and oxygen atoms in total. The number of nitrogens with zero attached hydrogens (tertiary/aromatic N) is 1. The van der Waals surface area contributed by atoms with Gasteiger partial charge in [0, 0.05) is 26.7 Å². The van der Waals surface area contributed by atoms with Gasteiger partial charge in [-0.25, -0.2) is 0 Å². The summed E-state index contributed by atoms with van der Waals surface area (Å²) in [6, 6.07) is 10.5. The third-order valence-electron chi connectivity index (χ3n) is 2.59. The van der Waals surface area contributed by atoms with E-state index in [0.717, 1.165) is 19.6 Å². The molecule has 0 saturated carbocycles. The fourth-order valence-corrected chi connectivity index (χ4v) is 1.76. The number of hydrogen-bond donors (Lipinski definition) is 0. The Balaban J connectivity index is 1.68. The molecule has 2 rings (SSSR count). The van der Waals surface area contributed by atoms with Gasteiger partial charge in [-0.3, -0.25) is 4.90 Å². The average molecular weight is 207 g/mol. The molecule has 15 heavy (non-hydrogen) atoms. The lowest BCUT2D eigenvalue weighted by Gasteiger charge is -2.38. The van der Waals surface area contributed by atoms with Crippen LogP contribution in [0, 0.1) is 0 Å². The van der Waals surface area contributed by atoms with Crippen LogP contribution in [0.4, 0.5) is 0 Å². The Bertz CT molecular complexity index is 283. The molecule has 3 heteroatoms. The van der Waals surface area contributed by atoms with Crippen molar-refractivity contribution in [3.05, 3.63) is 35.9 Å². The monoisotopic (exact) mass is 207 g/mol. The summed E-state index contributed by atoms with van der Waals surface area (Å²) < 4.78 is 10.3. The molecule has 82 valence electrons. The zero-order valence-corrected chi connectivity index (χ0v) is 9.06. The number of hydrogen-bond acceptors (Lipinski definition) is 3. The highest BCUT2D eigenvalue weighted by Crippen LogP contribution is 2.15. The minimum Gasteiger partial charge on any atom is -0.359 e. The number of methoxy groups -OCH3 is 1. The van der Waals surface area contributed by atoms with Gasteiger partial charge in [-0.2, -0.15) is 0 Å². The number of likely N-dealkylation sites (tertiary alicyclic amines) is 1. The number of benzene rings is 1. The fourth-order valence-electron chi connectivity index (χ4n) is 1.76. The van der Waals surface area contributed by atoms with Gasteiger partial charge in [0.25, 0.3) is 0 Å². The Hall–Kier alpha value is -0.900. The molecule has 0 N–H and O–H groups in total. The van der Waals surface area contributed by atoms with Gasteiger partial charge in [-0.15, -0.1) is 0 Å². The predicted octanol–water partition coefficient (Wildman–Crippen LogP) is 1.49. The lowest BCUT2D eigenvalue weighted by atomic mass is 10.1. The Morgan fingerprint density at radius 1 is 1.27 bits per heavy atom. The quantitative estimate of drug-likeness (QED) is 0.683. The van der Waals surface area contributed by atoms with Crippen molar-refractivity contribution >= 4 is 0 Å². The summed E-state index contributed by atoms with van der Waals surface area (Å²) in [6.45, 7) is 3.45. The molecular weight excluding hydrogens is 190 g/mol. The molecule has 1 saturated heterocycles. The average Bonchev–Trinajstić information content (AvgIpc) is 2.23. The van der Waals surface area contributed by atoms with E-state index >= 15 is 0 Å². The maximum absolute atomic E-state index is 5.43. The van der Waals surface area contributed by atoms with Gasteiger partial charge >= 0.3 is 0 Å². The summed E-state index contributed by atoms with van der Waals surface area (Å²) in [5.74, 6) is 0. The van der Waals surface area contributed by atoms with Crippen molar-refractivity contribution < 1.29 is 9.47 Å². The minimum atomic E-state index is 0.355. The van der Waals surface area contributed by atoms with Crippen LogP contribution in [0.25, 0.3) is 0 Å². The van der Waals surface area contributed by atoms with Gasteiger partial charge in [-0.1, -0.05) is 30.3 Å². The third-order valence-corrected chi connectivity index (χ3v) is 2.59. The molecule has 1 aromatic carbocycles. The van der Waals surface area contributed by atoms with Gasteiger partial charge in [0.1, 0.15) is 6.79 Å². The Morgan fingerprint density at radius 2 is 2.00 bits per heavy atom. The van der Waals surface area contributed by atoms with Crippen LogP contribution >= 0.6 is 0 Å². The van der Waals surface area contributed by atoms with Crippen LogP contribution in [-0.2, 0) is 16.0 Å². The van der Waals surface area contributed by atoms with E-state index in [9.17, 15) is 0 Å². The van der Waals surface area contributed by atoms with Crippen LogP contribution in [0.5, 0.6) is 0 Å². The molecule has 1 fully saturated rings. The smallest absolute Gasteiger partial charge is 0.146 e. The van der Waals surface area contributed by atoms with Gasteiger partial charge in [0.05, 0.1) is 6.10 Å². The lowest BCUT2D eigenvalue weighted by Crippen LogP contribution is -2.51. The van der Waals surface area contributed by atoms with Crippen molar-refractivity contribution in [2.45, 2.75) is 12.6 Å². The second-order valence-electron chi connectivity index (χ2n) is 3.87. The summed E-state index contributed by atoms with van der Waals surface area (Å²) in [5.41, 5.74) is 1.36. The molecule has 0 spiro atoms. The summed E-state index contributed by atoms with van der Waals surface area (Å²) in [6.07, 6.45) is 0.355. The molecule has 0 atom stereocenters. The van der Waals surface area contributed by atoms with E-state index in [1.807, 2.05) is 6.07 Å². The molecule has 1 aliphatic heterocycles. The molecule has 0 radical (unpaired) electrons. The zero-order valence-electron chi connectivity index (χ0n) is 9.06. The van der Waals surface area contributed by atoms with E-state index in [4.69, 9.17) is 9.47 Å². The number of rotatable bonds is 5. The largest absolute Gasteiger partial charge is 0.359 e. The first kappa shape index (κ1) is 10.6. The SMILES string of the molecule is COCOC1CN(Cc2ccccc2)C1. The van der Waals surface area contributed by atoms with Crippen molar-refractivity contribution in [2.75, 3.05) is 27.0 Å². The van der Waals surface area contributed by atoms with Crippen molar-refractivity contribution in [2.24, 2.45) is 0 Å². The summed E-state index contributed by atoms with van der Waals surface area (Å²) in [4.78, 5) is 2.37. The van der Waals surface area contributed by atoms with Crippen molar-refractivity contribution in [1.82, 2.24) is 4.90 Å². The van der Waals surface area contributed by atoms with E-state index in [2.05, 4.69) is 29.2 Å². The molecule has 1 heterocycles. The number of ether oxygens (including phenoxy) is 2. The maximum Gasteiger partial charge on any atom is 0.146 e. The van der Waals surface area contributed by atoms with Gasteiger partial charge in [-0.05, 0) is 5.56 Å². The fraction of sp³-hybridized carbons (Fsp3) is 0.500. The minimum absolute atomic E-state index is 0.355. The Morgan fingerprint density at radius 3 is 2.67 bits per heavy atom. The highest BCUT2D eigenvalue weighted by Gasteiger charge is 2.26. The molecule has 0 bridgehead atoms. The molecule has 0 amide bonds. The normalized spacial score (nSPS) is 17.7. The standard InChI is InChI=1S/C12H17NO2/c1-14-10-15-12-8-13(9-12)7-11-5-3-2-4-6-11/h2-6,12H,7-10H2,1H3. The van der Waals surface area contributed by atoms with Crippen molar-refractivity contribution in [1.29, 1.82) is 0 Å². The van der Waals surface area contributed by atoms with Crippen LogP contribution in [0.1, 0.15) is 5.56 Å². The second-order valence-corrected chi connectivity index (χ2v) is 3.87. The van der Waals surface area contributed by atoms with Crippen LogP contribution in [0.15, 0.2) is 30.3 Å². The Kier molecular flexibility index (Phi) is 3.72. The summed E-state index contributed by atoms with van der Waals surface area (Å²) in [7, 11) is 1.65. The zero-order chi connectivity index (χ0) is 10.5. The molecular formula is C12H17NO2. The molecule has 1 aromatic rings. The summed E-state index contributed by atoms with van der Waals surface area (Å²) in [5, 5.41) is 0. The third kappa shape index (κ3) is 3.02. The second kappa shape index (κ2) is 5.26. The van der Waals surface area contributed by atoms with Crippen LogP contribution in [0.2, 0.25) is 0 Å². The molecule has 0 aliphatic carbocycles. The molecule has 1 aliphatic rings. The van der Waals surface area contributed by atoms with Crippen molar-refractivity contribution in [3.8, 4) is 0 Å². The van der Waals surface area contributed by atoms with E-state index < -0.39 is 0 Å². The first-order valence-electron chi connectivity index (χ1n) is 5.25. The first-order chi connectivity index (χ1) is 7.38. The van der Waals surface area contributed by atoms with Gasteiger partial charge in [0.2, 0.25) is 0 Å². The highest BCUT2D eigenvalue weighted by molar-refractivity contribution is 5.14. The van der Waals surface area contributed by atoms with E-state index in [1.165, 1.54) is 5.56 Å². The van der Waals surface area contributed by atoms with Gasteiger partial charge < -0.3 is 9.47 Å². The Labute approximate surface area is 90.6 Å². The van der Waals surface area contributed by atoms with E-state index in [1.54, 1.807) is 7.11 Å². The van der Waals surface area contributed by atoms with E-state index in [0.29, 0.717) is 12.9 Å². The maximum atomic E-state index is 5.43. The first-order valence-corrected chi connectivity index (χ1v) is 5.25. The van der Waals surface area contributed by atoms with Gasteiger partial charge in [0.15, 0.2) is 0 Å². The summed E-state index contributed by atoms with van der Waals surface area (Å²) >= 11 is 0. The van der Waals surface area contributed by atoms with Crippen LogP contribution < -0.4 is 0 Å². The van der Waals surface area contributed by atoms with E-state index in [-0.39, 0.29) is 0 Å². The predicted molar refractivity (Wildman–Crippen MR) is 58.5 cm³/mol. The van der Waals surface area contributed by atoms with Crippen LogP contribution in [0.3, 0.4) is 0 Å². The lowest BCUT2D eigenvalue weighted by molar-refractivity contribution is -0.125. The highest BCUT2D eigenvalue weighted by atomic mass is 16.7. The molecule has 0 unspecified atom stereocenters. The topological polar surface area (TPSA) is 21.7 Å². The van der Waals surface area contributed by atoms with Crippen molar-refractivity contribution in [3.63, 3.8) is 0 Å².